The first-order valence-corrected chi connectivity index (χ1v) is 9.69. The molecule has 0 bridgehead atoms. The molecule has 150 valence electrons. The number of nitrogens with one attached hydrogen (secondary N) is 2. The van der Waals surface area contributed by atoms with Gasteiger partial charge in [-0.15, -0.1) is 11.3 Å². The maximum Gasteiger partial charge on any atom is 0.341 e. The van der Waals surface area contributed by atoms with Gasteiger partial charge in [0, 0.05) is 12.1 Å². The molecule has 0 aliphatic heterocycles. The number of esters is 1. The van der Waals surface area contributed by atoms with E-state index in [0.717, 1.165) is 24.2 Å². The van der Waals surface area contributed by atoms with Crippen LogP contribution in [-0.4, -0.2) is 38.5 Å². The molecule has 7 nitrogen and oxygen atoms in total. The molecule has 2 aromatic rings. The van der Waals surface area contributed by atoms with E-state index in [9.17, 15) is 14.4 Å². The van der Waals surface area contributed by atoms with Crippen LogP contribution in [0.5, 0.6) is 5.75 Å². The number of ether oxygens (including phenoxy) is 2. The molecule has 2 amide bonds. The van der Waals surface area contributed by atoms with Gasteiger partial charge in [0.25, 0.3) is 11.8 Å². The molecule has 0 saturated carbocycles. The van der Waals surface area contributed by atoms with Gasteiger partial charge in [-0.2, -0.15) is 0 Å². The summed E-state index contributed by atoms with van der Waals surface area (Å²) in [5, 5.41) is 5.82. The Morgan fingerprint density at radius 3 is 2.54 bits per heavy atom. The summed E-state index contributed by atoms with van der Waals surface area (Å²) in [6.45, 7) is 4.24. The molecular formula is C20H24N2O5S. The molecule has 0 atom stereocenters. The molecule has 0 saturated heterocycles. The minimum Gasteiger partial charge on any atom is -0.497 e. The molecule has 0 aliphatic carbocycles. The zero-order valence-electron chi connectivity index (χ0n) is 16.4. The zero-order valence-corrected chi connectivity index (χ0v) is 17.2. The molecule has 1 aromatic carbocycles. The number of anilines is 1. The molecule has 2 rings (SSSR count). The highest BCUT2D eigenvalue weighted by atomic mass is 32.1. The summed E-state index contributed by atoms with van der Waals surface area (Å²) >= 11 is 1.05. The van der Waals surface area contributed by atoms with E-state index in [1.807, 2.05) is 6.92 Å². The number of hydrogen-bond donors (Lipinski definition) is 2. The van der Waals surface area contributed by atoms with Gasteiger partial charge < -0.3 is 20.1 Å². The van der Waals surface area contributed by atoms with E-state index >= 15 is 0 Å². The highest BCUT2D eigenvalue weighted by Crippen LogP contribution is 2.34. The van der Waals surface area contributed by atoms with Gasteiger partial charge in [-0.05, 0) is 37.1 Å². The summed E-state index contributed by atoms with van der Waals surface area (Å²) in [6.07, 6.45) is 1.82. The quantitative estimate of drug-likeness (QED) is 0.518. The van der Waals surface area contributed by atoms with E-state index in [4.69, 9.17) is 9.47 Å². The Labute approximate surface area is 168 Å². The van der Waals surface area contributed by atoms with Gasteiger partial charge in [-0.3, -0.25) is 9.59 Å². The minimum atomic E-state index is -0.609. The summed E-state index contributed by atoms with van der Waals surface area (Å²) in [4.78, 5) is 37.7. The van der Waals surface area contributed by atoms with Crippen molar-refractivity contribution in [3.05, 3.63) is 45.8 Å². The third kappa shape index (κ3) is 4.89. The molecular weight excluding hydrogens is 380 g/mol. The SMILES string of the molecule is CCCCNC(=O)c1sc(NC(=O)c2cccc(OC)c2)c(C(=O)OC)c1C. The number of thiophene rings is 1. The first kappa shape index (κ1) is 21.4. The Morgan fingerprint density at radius 2 is 1.89 bits per heavy atom. The lowest BCUT2D eigenvalue weighted by Gasteiger charge is -2.07. The van der Waals surface area contributed by atoms with Crippen molar-refractivity contribution in [1.82, 2.24) is 5.32 Å². The molecule has 28 heavy (non-hydrogen) atoms. The van der Waals surface area contributed by atoms with Crippen LogP contribution in [0.25, 0.3) is 0 Å². The van der Waals surface area contributed by atoms with Crippen LogP contribution in [0.15, 0.2) is 24.3 Å². The second kappa shape index (κ2) is 9.89. The number of methoxy groups -OCH3 is 2. The number of benzene rings is 1. The molecule has 0 radical (unpaired) electrons. The molecule has 2 N–H and O–H groups in total. The fraction of sp³-hybridized carbons (Fsp3) is 0.350. The van der Waals surface area contributed by atoms with Crippen molar-refractivity contribution in [2.75, 3.05) is 26.1 Å². The summed E-state index contributed by atoms with van der Waals surface area (Å²) in [6, 6.07) is 6.65. The van der Waals surface area contributed by atoms with Gasteiger partial charge >= 0.3 is 5.97 Å². The summed E-state index contributed by atoms with van der Waals surface area (Å²) in [7, 11) is 2.77. The van der Waals surface area contributed by atoms with Gasteiger partial charge in [-0.25, -0.2) is 4.79 Å². The van der Waals surface area contributed by atoms with Gasteiger partial charge in [0.2, 0.25) is 0 Å². The van der Waals surface area contributed by atoms with Crippen molar-refractivity contribution in [3.63, 3.8) is 0 Å². The predicted molar refractivity (Wildman–Crippen MR) is 109 cm³/mol. The van der Waals surface area contributed by atoms with E-state index in [0.29, 0.717) is 28.3 Å². The topological polar surface area (TPSA) is 93.7 Å². The number of hydrogen-bond acceptors (Lipinski definition) is 6. The van der Waals surface area contributed by atoms with E-state index in [1.54, 1.807) is 31.2 Å². The van der Waals surface area contributed by atoms with Gasteiger partial charge in [-0.1, -0.05) is 19.4 Å². The molecule has 0 aliphatic rings. The van der Waals surface area contributed by atoms with Crippen LogP contribution in [-0.2, 0) is 4.74 Å². The molecule has 0 unspecified atom stereocenters. The standard InChI is InChI=1S/C20H24N2O5S/c1-5-6-10-21-18(24)16-12(2)15(20(25)27-4)19(28-16)22-17(23)13-8-7-9-14(11-13)26-3/h7-9,11H,5-6,10H2,1-4H3,(H,21,24)(H,22,23). The molecule has 0 fully saturated rings. The summed E-state index contributed by atoms with van der Waals surface area (Å²) < 4.78 is 9.97. The third-order valence-electron chi connectivity index (χ3n) is 4.12. The Kier molecular flexibility index (Phi) is 7.57. The molecule has 1 heterocycles. The Bertz CT molecular complexity index is 875. The monoisotopic (exact) mass is 404 g/mol. The smallest absolute Gasteiger partial charge is 0.341 e. The van der Waals surface area contributed by atoms with Crippen LogP contribution < -0.4 is 15.4 Å². The highest BCUT2D eigenvalue weighted by molar-refractivity contribution is 7.18. The Balaban J connectivity index is 2.33. The third-order valence-corrected chi connectivity index (χ3v) is 5.32. The lowest BCUT2D eigenvalue weighted by Crippen LogP contribution is -2.24. The van der Waals surface area contributed by atoms with Gasteiger partial charge in [0.1, 0.15) is 10.8 Å². The minimum absolute atomic E-state index is 0.185. The van der Waals surface area contributed by atoms with Crippen LogP contribution in [0, 0.1) is 6.92 Å². The van der Waals surface area contributed by atoms with Crippen LogP contribution >= 0.6 is 11.3 Å². The highest BCUT2D eigenvalue weighted by Gasteiger charge is 2.26. The maximum atomic E-state index is 12.6. The molecule has 1 aromatic heterocycles. The first-order chi connectivity index (χ1) is 13.4. The van der Waals surface area contributed by atoms with Crippen molar-refractivity contribution in [3.8, 4) is 5.75 Å². The second-order valence-electron chi connectivity index (χ2n) is 6.05. The first-order valence-electron chi connectivity index (χ1n) is 8.88. The number of amides is 2. The fourth-order valence-electron chi connectivity index (χ4n) is 2.56. The van der Waals surface area contributed by atoms with Crippen molar-refractivity contribution in [2.24, 2.45) is 0 Å². The van der Waals surface area contributed by atoms with Crippen molar-refractivity contribution in [1.29, 1.82) is 0 Å². The normalized spacial score (nSPS) is 10.3. The fourth-order valence-corrected chi connectivity index (χ4v) is 3.67. The number of unbranched alkanes of at least 4 members (excludes halogenated alkanes) is 1. The Hall–Kier alpha value is -2.87. The van der Waals surface area contributed by atoms with Crippen molar-refractivity contribution >= 4 is 34.1 Å². The van der Waals surface area contributed by atoms with E-state index in [2.05, 4.69) is 10.6 Å². The largest absolute Gasteiger partial charge is 0.497 e. The van der Waals surface area contributed by atoms with Gasteiger partial charge in [0.05, 0.1) is 24.7 Å². The average molecular weight is 404 g/mol. The molecule has 8 heteroatoms. The van der Waals surface area contributed by atoms with E-state index in [-0.39, 0.29) is 16.5 Å². The lowest BCUT2D eigenvalue weighted by molar-refractivity contribution is 0.0601. The van der Waals surface area contributed by atoms with Crippen LogP contribution in [0.3, 0.4) is 0 Å². The van der Waals surface area contributed by atoms with E-state index in [1.165, 1.54) is 14.2 Å². The Morgan fingerprint density at radius 1 is 1.14 bits per heavy atom. The van der Waals surface area contributed by atoms with Crippen LogP contribution in [0.1, 0.15) is 55.7 Å². The lowest BCUT2D eigenvalue weighted by atomic mass is 10.1. The molecule has 0 spiro atoms. The number of carbonyl (C=O) groups is 3. The van der Waals surface area contributed by atoms with Crippen molar-refractivity contribution in [2.45, 2.75) is 26.7 Å². The number of rotatable bonds is 8. The van der Waals surface area contributed by atoms with Crippen molar-refractivity contribution < 1.29 is 23.9 Å². The second-order valence-corrected chi connectivity index (χ2v) is 7.07. The zero-order chi connectivity index (χ0) is 20.7. The van der Waals surface area contributed by atoms with Gasteiger partial charge in [0.15, 0.2) is 0 Å². The predicted octanol–water partition coefficient (Wildman–Crippen LogP) is 3.63. The van der Waals surface area contributed by atoms with Crippen LogP contribution in [0.2, 0.25) is 0 Å². The average Bonchev–Trinajstić information content (AvgIpc) is 3.03. The summed E-state index contributed by atoms with van der Waals surface area (Å²) in [5.41, 5.74) is 1.03. The van der Waals surface area contributed by atoms with Crippen LogP contribution in [0.4, 0.5) is 5.00 Å². The van der Waals surface area contributed by atoms with E-state index < -0.39 is 11.9 Å². The number of carbonyl (C=O) groups excluding carboxylic acids is 3. The maximum absolute atomic E-state index is 12.6. The summed E-state index contributed by atoms with van der Waals surface area (Å²) in [5.74, 6) is -0.757.